The number of carbonyl (C=O) groups is 3. The topological polar surface area (TPSA) is 105 Å². The molecular weight excluding hydrogens is 324 g/mol. The van der Waals surface area contributed by atoms with E-state index in [1.807, 2.05) is 0 Å². The minimum absolute atomic E-state index is 0.0846. The quantitative estimate of drug-likeness (QED) is 0.599. The van der Waals surface area contributed by atoms with E-state index in [1.54, 1.807) is 39.4 Å². The first kappa shape index (κ1) is 18.3. The normalized spacial score (nSPS) is 10.4. The van der Waals surface area contributed by atoms with Gasteiger partial charge in [0.05, 0.1) is 5.69 Å². The molecule has 0 bridgehead atoms. The Kier molecular flexibility index (Phi) is 5.63. The minimum atomic E-state index is -0.573. The number of aromatic amines is 1. The third-order valence-corrected chi connectivity index (χ3v) is 3.69. The molecule has 2 rings (SSSR count). The number of hydrogen-bond acceptors (Lipinski definition) is 7. The molecule has 0 aliphatic carbocycles. The molecule has 8 nitrogen and oxygen atoms in total. The van der Waals surface area contributed by atoms with Gasteiger partial charge in [-0.1, -0.05) is 0 Å². The lowest BCUT2D eigenvalue weighted by Crippen LogP contribution is -2.29. The van der Waals surface area contributed by atoms with Gasteiger partial charge in [0.2, 0.25) is 11.7 Å². The van der Waals surface area contributed by atoms with Crippen LogP contribution in [0.15, 0.2) is 18.5 Å². The number of carbonyl (C=O) groups excluding carboxylic acids is 3. The van der Waals surface area contributed by atoms with Gasteiger partial charge in [0.15, 0.2) is 12.4 Å². The molecule has 8 heteroatoms. The number of H-pyrrole nitrogens is 1. The van der Waals surface area contributed by atoms with Gasteiger partial charge in [-0.3, -0.25) is 14.4 Å². The number of ketones is 2. The molecular formula is C17H20N4O4. The van der Waals surface area contributed by atoms with Crippen LogP contribution in [0, 0.1) is 13.8 Å². The molecule has 1 N–H and O–H groups in total. The number of anilines is 1. The van der Waals surface area contributed by atoms with Crippen LogP contribution in [0.4, 0.5) is 5.95 Å². The average molecular weight is 344 g/mol. The lowest BCUT2D eigenvalue weighted by atomic mass is 10.1. The smallest absolute Gasteiger partial charge is 0.326 e. The number of nitrogens with one attached hydrogen (secondary N) is 1. The van der Waals surface area contributed by atoms with Gasteiger partial charge < -0.3 is 14.6 Å². The highest BCUT2D eigenvalue weighted by molar-refractivity contribution is 6.04. The maximum absolute atomic E-state index is 12.3. The van der Waals surface area contributed by atoms with Gasteiger partial charge in [-0.25, -0.2) is 9.97 Å². The summed E-state index contributed by atoms with van der Waals surface area (Å²) in [6, 6.07) is 1.67. The molecule has 25 heavy (non-hydrogen) atoms. The first-order valence-electron chi connectivity index (χ1n) is 7.68. The Bertz CT molecular complexity index is 798. The number of aryl methyl sites for hydroxylation is 1. The van der Waals surface area contributed by atoms with Crippen molar-refractivity contribution >= 4 is 23.5 Å². The van der Waals surface area contributed by atoms with Crippen molar-refractivity contribution in [1.82, 2.24) is 15.0 Å². The van der Waals surface area contributed by atoms with Crippen molar-refractivity contribution in [3.63, 3.8) is 0 Å². The molecule has 0 fully saturated rings. The molecule has 0 aromatic carbocycles. The Hall–Kier alpha value is -3.03. The molecule has 0 aliphatic rings. The number of Topliss-reactive ketones (excluding diaryl/α,β-unsaturated/α-hetero) is 2. The number of ether oxygens (including phenoxy) is 1. The van der Waals surface area contributed by atoms with Crippen LogP contribution < -0.4 is 4.90 Å². The molecule has 0 saturated heterocycles. The zero-order chi connectivity index (χ0) is 18.6. The molecule has 0 aliphatic heterocycles. The summed E-state index contributed by atoms with van der Waals surface area (Å²) in [6.07, 6.45) is 3.13. The Morgan fingerprint density at radius 2 is 1.84 bits per heavy atom. The van der Waals surface area contributed by atoms with Crippen LogP contribution in [0.5, 0.6) is 0 Å². The Labute approximate surface area is 145 Å². The molecule has 132 valence electrons. The monoisotopic (exact) mass is 344 g/mol. The van der Waals surface area contributed by atoms with E-state index < -0.39 is 12.6 Å². The van der Waals surface area contributed by atoms with Crippen LogP contribution in [-0.2, 0) is 9.53 Å². The highest BCUT2D eigenvalue weighted by Crippen LogP contribution is 2.19. The van der Waals surface area contributed by atoms with Crippen LogP contribution in [0.1, 0.15) is 39.0 Å². The van der Waals surface area contributed by atoms with Gasteiger partial charge in [-0.2, -0.15) is 0 Å². The van der Waals surface area contributed by atoms with Crippen molar-refractivity contribution in [1.29, 1.82) is 0 Å². The van der Waals surface area contributed by atoms with Crippen molar-refractivity contribution in [3.8, 4) is 0 Å². The second-order valence-corrected chi connectivity index (χ2v) is 5.67. The summed E-state index contributed by atoms with van der Waals surface area (Å²) in [4.78, 5) is 48.2. The second-order valence-electron chi connectivity index (χ2n) is 5.67. The third kappa shape index (κ3) is 4.28. The summed E-state index contributed by atoms with van der Waals surface area (Å²) in [5, 5.41) is 0. The fraction of sp³-hybridized carbons (Fsp3) is 0.353. The van der Waals surface area contributed by atoms with Gasteiger partial charge in [-0.05, 0) is 32.4 Å². The van der Waals surface area contributed by atoms with E-state index >= 15 is 0 Å². The molecule has 2 heterocycles. The number of aromatic nitrogens is 3. The van der Waals surface area contributed by atoms with Crippen molar-refractivity contribution in [2.24, 2.45) is 0 Å². The van der Waals surface area contributed by atoms with Crippen molar-refractivity contribution in [2.45, 2.75) is 20.8 Å². The van der Waals surface area contributed by atoms with Crippen molar-refractivity contribution in [3.05, 3.63) is 41.0 Å². The second kappa shape index (κ2) is 7.69. The van der Waals surface area contributed by atoms with E-state index in [0.717, 1.165) is 0 Å². The van der Waals surface area contributed by atoms with Crippen molar-refractivity contribution < 1.29 is 19.1 Å². The third-order valence-electron chi connectivity index (χ3n) is 3.69. The molecule has 0 saturated carbocycles. The predicted octanol–water partition coefficient (Wildman–Crippen LogP) is 1.49. The molecule has 0 unspecified atom stereocenters. The van der Waals surface area contributed by atoms with Gasteiger partial charge in [0, 0.05) is 30.7 Å². The lowest BCUT2D eigenvalue weighted by molar-refractivity contribution is -0.140. The number of hydrogen-bond donors (Lipinski definition) is 1. The maximum atomic E-state index is 12.3. The largest absolute Gasteiger partial charge is 0.456 e. The molecule has 2 aromatic heterocycles. The number of rotatable bonds is 7. The average Bonchev–Trinajstić information content (AvgIpc) is 2.88. The summed E-state index contributed by atoms with van der Waals surface area (Å²) in [5.74, 6) is -0.699. The summed E-state index contributed by atoms with van der Waals surface area (Å²) >= 11 is 0. The van der Waals surface area contributed by atoms with Crippen molar-refractivity contribution in [2.75, 3.05) is 25.1 Å². The predicted molar refractivity (Wildman–Crippen MR) is 90.9 cm³/mol. The van der Waals surface area contributed by atoms with E-state index in [1.165, 1.54) is 11.8 Å². The first-order chi connectivity index (χ1) is 11.8. The van der Waals surface area contributed by atoms with E-state index in [0.29, 0.717) is 22.8 Å². The zero-order valence-corrected chi connectivity index (χ0v) is 14.6. The van der Waals surface area contributed by atoms with E-state index in [-0.39, 0.29) is 23.8 Å². The minimum Gasteiger partial charge on any atom is -0.456 e. The van der Waals surface area contributed by atoms with E-state index in [4.69, 9.17) is 4.74 Å². The summed E-state index contributed by atoms with van der Waals surface area (Å²) in [7, 11) is 1.65. The lowest BCUT2D eigenvalue weighted by Gasteiger charge is -2.15. The van der Waals surface area contributed by atoms with Gasteiger partial charge in [-0.15, -0.1) is 0 Å². The van der Waals surface area contributed by atoms with E-state index in [9.17, 15) is 14.4 Å². The van der Waals surface area contributed by atoms with Crippen LogP contribution in [0.25, 0.3) is 0 Å². The van der Waals surface area contributed by atoms with Crippen LogP contribution in [-0.4, -0.2) is 52.7 Å². The Morgan fingerprint density at radius 1 is 1.20 bits per heavy atom. The van der Waals surface area contributed by atoms with Gasteiger partial charge in [0.25, 0.3) is 0 Å². The van der Waals surface area contributed by atoms with Crippen LogP contribution in [0.3, 0.4) is 0 Å². The van der Waals surface area contributed by atoms with Crippen LogP contribution in [0.2, 0.25) is 0 Å². The molecule has 0 atom stereocenters. The summed E-state index contributed by atoms with van der Waals surface area (Å²) < 4.78 is 5.02. The van der Waals surface area contributed by atoms with Gasteiger partial charge in [0.1, 0.15) is 6.54 Å². The Balaban J connectivity index is 1.95. The highest BCUT2D eigenvalue weighted by Gasteiger charge is 2.21. The standard InChI is InChI=1S/C17H20N4O4/c1-10-15(12(3)22)11(2)20-16(10)13(23)9-25-14(24)8-21(4)17-18-6-5-7-19-17/h5-7,20H,8-9H2,1-4H3. The molecule has 0 radical (unpaired) electrons. The number of likely N-dealkylation sites (N-methyl/N-ethyl adjacent to an activating group) is 1. The molecule has 0 spiro atoms. The highest BCUT2D eigenvalue weighted by atomic mass is 16.5. The number of esters is 1. The zero-order valence-electron chi connectivity index (χ0n) is 14.6. The van der Waals surface area contributed by atoms with E-state index in [2.05, 4.69) is 15.0 Å². The van der Waals surface area contributed by atoms with Crippen LogP contribution >= 0.6 is 0 Å². The fourth-order valence-corrected chi connectivity index (χ4v) is 2.57. The maximum Gasteiger partial charge on any atom is 0.326 e. The summed E-state index contributed by atoms with van der Waals surface area (Å²) in [6.45, 7) is 4.37. The fourth-order valence-electron chi connectivity index (χ4n) is 2.57. The molecule has 2 aromatic rings. The molecule has 0 amide bonds. The summed E-state index contributed by atoms with van der Waals surface area (Å²) in [5.41, 5.74) is 1.98. The SMILES string of the molecule is CC(=O)c1c(C)[nH]c(C(=O)COC(=O)CN(C)c2ncccn2)c1C. The van der Waals surface area contributed by atoms with Gasteiger partial charge >= 0.3 is 5.97 Å². The Morgan fingerprint density at radius 3 is 2.40 bits per heavy atom. The number of nitrogens with zero attached hydrogens (tertiary/aromatic N) is 3. The first-order valence-corrected chi connectivity index (χ1v) is 7.68.